The highest BCUT2D eigenvalue weighted by Gasteiger charge is 2.44. The number of urea groups is 2. The molecule has 28 heteroatoms. The van der Waals surface area contributed by atoms with Crippen LogP contribution in [0, 0.1) is 29.9 Å². The number of piperidine rings is 1. The largest absolute Gasteiger partial charge is 0.481 e. The second-order valence-electron chi connectivity index (χ2n) is 22.6. The van der Waals surface area contributed by atoms with Gasteiger partial charge in [-0.05, 0) is 85.8 Å². The highest BCUT2D eigenvalue weighted by atomic mass is 79.9. The molecule has 484 valence electrons. The van der Waals surface area contributed by atoms with Crippen molar-refractivity contribution >= 4 is 109 Å². The van der Waals surface area contributed by atoms with E-state index in [9.17, 15) is 42.7 Å². The minimum atomic E-state index is -0.935. The fourth-order valence-corrected chi connectivity index (χ4v) is 12.8. The Morgan fingerprint density at radius 1 is 0.697 bits per heavy atom. The zero-order chi connectivity index (χ0) is 62.9. The number of hydrogen-bond acceptors (Lipinski definition) is 17. The number of ether oxygens (including phenoxy) is 2. The summed E-state index contributed by atoms with van der Waals surface area (Å²) in [6, 6.07) is 7.41. The normalized spacial score (nSPS) is 20.0. The average molecular weight is 1380 g/mol. The van der Waals surface area contributed by atoms with Crippen LogP contribution in [0.2, 0.25) is 10.0 Å². The van der Waals surface area contributed by atoms with Gasteiger partial charge >= 0.3 is 35.9 Å². The summed E-state index contributed by atoms with van der Waals surface area (Å²) in [5.41, 5.74) is 0.677. The van der Waals surface area contributed by atoms with E-state index in [0.717, 1.165) is 25.9 Å². The van der Waals surface area contributed by atoms with Gasteiger partial charge in [0.2, 0.25) is 0 Å². The molecule has 4 amide bonds. The van der Waals surface area contributed by atoms with Crippen LogP contribution in [0.15, 0.2) is 92.1 Å². The number of nitrogens with zero attached hydrogens (tertiary/aromatic N) is 9. The van der Waals surface area contributed by atoms with Crippen LogP contribution in [0.3, 0.4) is 0 Å². The van der Waals surface area contributed by atoms with E-state index in [1.807, 2.05) is 25.5 Å². The number of hydrogen-bond donors (Lipinski definition) is 4. The van der Waals surface area contributed by atoms with Crippen LogP contribution in [0.5, 0.6) is 0 Å². The van der Waals surface area contributed by atoms with Crippen LogP contribution in [-0.4, -0.2) is 182 Å². The Labute approximate surface area is 544 Å². The van der Waals surface area contributed by atoms with E-state index in [2.05, 4.69) is 46.4 Å². The number of carbonyl (C=O) groups excluding carboxylic acids is 4. The van der Waals surface area contributed by atoms with Crippen molar-refractivity contribution in [2.45, 2.75) is 105 Å². The van der Waals surface area contributed by atoms with Crippen LogP contribution in [0.4, 0.5) is 18.4 Å². The van der Waals surface area contributed by atoms with Gasteiger partial charge in [0.1, 0.15) is 23.7 Å². The van der Waals surface area contributed by atoms with Gasteiger partial charge in [-0.3, -0.25) is 24.5 Å². The van der Waals surface area contributed by atoms with Gasteiger partial charge in [-0.25, -0.2) is 37.9 Å². The summed E-state index contributed by atoms with van der Waals surface area (Å²) in [6.07, 6.45) is 7.55. The summed E-state index contributed by atoms with van der Waals surface area (Å²) in [6.45, 7) is 15.4. The first-order chi connectivity index (χ1) is 41.5. The van der Waals surface area contributed by atoms with Gasteiger partial charge in [0.15, 0.2) is 21.7 Å². The molecular weight excluding hydrogens is 1300 g/mol. The zero-order valence-corrected chi connectivity index (χ0v) is 54.7. The number of amidine groups is 2. The molecule has 4 N–H and O–H groups in total. The van der Waals surface area contributed by atoms with Gasteiger partial charge in [-0.2, -0.15) is 0 Å². The van der Waals surface area contributed by atoms with Crippen LogP contribution in [0.1, 0.15) is 114 Å². The van der Waals surface area contributed by atoms with Crippen LogP contribution < -0.4 is 10.6 Å². The molecule has 0 spiro atoms. The van der Waals surface area contributed by atoms with Gasteiger partial charge in [0.05, 0.1) is 57.3 Å². The summed E-state index contributed by atoms with van der Waals surface area (Å²) in [4.78, 5) is 101. The number of thiazole rings is 2. The van der Waals surface area contributed by atoms with Gasteiger partial charge in [0.25, 0.3) is 0 Å². The fourth-order valence-electron chi connectivity index (χ4n) is 10.7. The van der Waals surface area contributed by atoms with Gasteiger partial charge < -0.3 is 57.3 Å². The van der Waals surface area contributed by atoms with Crippen molar-refractivity contribution in [3.05, 3.63) is 132 Å². The predicted octanol–water partition coefficient (Wildman–Crippen LogP) is 10.9. The lowest BCUT2D eigenvalue weighted by Crippen LogP contribution is -2.53. The lowest BCUT2D eigenvalue weighted by Gasteiger charge is -2.38. The van der Waals surface area contributed by atoms with Crippen molar-refractivity contribution < 1.29 is 57.2 Å². The number of carboxylic acids is 2. The summed E-state index contributed by atoms with van der Waals surface area (Å²) in [7, 11) is 0. The first-order valence-electron chi connectivity index (χ1n) is 28.5. The smallest absolute Gasteiger partial charge is 0.338 e. The van der Waals surface area contributed by atoms with Crippen molar-refractivity contribution in [3.8, 4) is 0 Å². The SMILES string of the molecule is C.CC(C)(CCN1C[C@@H]2CCCCN2C1=O)C(=O)O.CCOC(=O)C1=C(CBr)NC(c2nccs2)=N[C@H]1c1cccc(F)c1Cl.CCOC(=O)C1=C(CN2CCN3C(=O)N(CCC(C)(C)C(=O)O)C[C@@H]3C2)NC(c2nccs2)=N[C@H]1c1cccc(F)c1Cl.[CH3-]. The van der Waals surface area contributed by atoms with Crippen molar-refractivity contribution in [1.82, 2.24) is 45.1 Å². The average Bonchev–Trinajstić information content (AvgIpc) is 2.75. The standard InChI is InChI=1S/C29H34ClFN6O5S.C17H14BrClFN3O2S.C13H22N2O3.CH4.CH3/c1-4-42-26(38)21-20(33-24(25-32-9-13-43-25)34-23(21)18-6-5-7-19(31)22(18)30)16-35-11-12-37-17(14-35)15-36(28(37)41)10-8-29(2,3)27(39)40;1-2-25-17(24)12-11(8-18)22-15(16-21-6-7-26-16)23-14(12)9-4-3-5-10(20)13(9)19;1-13(2,11(16)17)6-8-14-9-10-5-3-4-7-15(10)12(14)18;;/h5-7,9,13,17,23H,4,8,10-12,14-16H2,1-3H3,(H,33,34)(H,39,40);3-7,14H,2,8H2,1H3,(H,22,23);10H,3-9H2,1-2H3,(H,16,17);1H4;1H3/q;;;;-1/t17-,23-;14-;10-;;/m000../s1. The fraction of sp³-hybridized carbons (Fsp3) is 0.492. The molecule has 2 aromatic heterocycles. The molecule has 6 aliphatic rings. The molecule has 0 unspecified atom stereocenters. The Hall–Kier alpha value is -6.58. The molecule has 0 bridgehead atoms. The Morgan fingerprint density at radius 2 is 1.16 bits per heavy atom. The number of piperazine rings is 1. The number of nitrogens with one attached hydrogen (secondary N) is 2. The maximum absolute atomic E-state index is 14.6. The number of rotatable bonds is 19. The van der Waals surface area contributed by atoms with E-state index < -0.39 is 58.4 Å². The second-order valence-corrected chi connectivity index (χ2v) is 25.7. The van der Waals surface area contributed by atoms with E-state index in [-0.39, 0.29) is 67.4 Å². The number of aliphatic imine (C=N–C) groups is 2. The maximum Gasteiger partial charge on any atom is 0.338 e. The number of allylic oxidation sites excluding steroid dienone is 1. The molecule has 0 aliphatic carbocycles. The summed E-state index contributed by atoms with van der Waals surface area (Å²) in [5, 5.41) is 30.0. The van der Waals surface area contributed by atoms with Crippen LogP contribution in [0.25, 0.3) is 0 Å². The number of halogens is 5. The number of aromatic nitrogens is 2. The number of aliphatic carboxylic acids is 2. The van der Waals surface area contributed by atoms with Crippen molar-refractivity contribution in [2.24, 2.45) is 20.8 Å². The third-order valence-corrected chi connectivity index (χ3v) is 18.8. The minimum Gasteiger partial charge on any atom is -0.481 e. The van der Waals surface area contributed by atoms with Crippen molar-refractivity contribution in [3.63, 3.8) is 0 Å². The number of benzene rings is 2. The van der Waals surface area contributed by atoms with E-state index in [0.29, 0.717) is 114 Å². The molecule has 4 aromatic rings. The highest BCUT2D eigenvalue weighted by molar-refractivity contribution is 9.09. The van der Waals surface area contributed by atoms with Gasteiger partial charge in [0, 0.05) is 110 Å². The molecule has 89 heavy (non-hydrogen) atoms. The lowest BCUT2D eigenvalue weighted by molar-refractivity contribution is -0.148. The monoisotopic (exact) mass is 1370 g/mol. The van der Waals surface area contributed by atoms with Crippen LogP contribution >= 0.6 is 61.8 Å². The summed E-state index contributed by atoms with van der Waals surface area (Å²) < 4.78 is 39.2. The van der Waals surface area contributed by atoms with E-state index in [1.54, 1.807) is 71.0 Å². The molecule has 4 saturated heterocycles. The van der Waals surface area contributed by atoms with Crippen molar-refractivity contribution in [1.29, 1.82) is 0 Å². The molecule has 4 atom stereocenters. The first-order valence-corrected chi connectivity index (χ1v) is 32.2. The molecule has 21 nitrogen and oxygen atoms in total. The molecule has 0 radical (unpaired) electrons. The molecule has 10 rings (SSSR count). The molecule has 2 aromatic carbocycles. The number of esters is 2. The predicted molar refractivity (Wildman–Crippen MR) is 343 cm³/mol. The van der Waals surface area contributed by atoms with Crippen LogP contribution in [-0.2, 0) is 28.7 Å². The summed E-state index contributed by atoms with van der Waals surface area (Å²) in [5.74, 6) is -3.07. The zero-order valence-electron chi connectivity index (χ0n) is 50.0. The third-order valence-electron chi connectivity index (χ3n) is 15.8. The molecule has 8 heterocycles. The number of fused-ring (bicyclic) bond motifs is 2. The Bertz CT molecular complexity index is 3340. The van der Waals surface area contributed by atoms with Gasteiger partial charge in [-0.1, -0.05) is 70.8 Å². The van der Waals surface area contributed by atoms with E-state index in [1.165, 1.54) is 53.4 Å². The summed E-state index contributed by atoms with van der Waals surface area (Å²) >= 11 is 18.7. The maximum atomic E-state index is 14.6. The molecule has 0 saturated carbocycles. The highest BCUT2D eigenvalue weighted by Crippen LogP contribution is 2.40. The first kappa shape index (κ1) is 71.5. The molecule has 6 aliphatic heterocycles. The van der Waals surface area contributed by atoms with E-state index >= 15 is 0 Å². The lowest BCUT2D eigenvalue weighted by atomic mass is 9.89. The number of alkyl halides is 1. The number of carbonyl (C=O) groups is 6. The van der Waals surface area contributed by atoms with Gasteiger partial charge in [-0.15, -0.1) is 22.7 Å². The second kappa shape index (κ2) is 31.4. The third kappa shape index (κ3) is 16.7. The van der Waals surface area contributed by atoms with Crippen molar-refractivity contribution in [2.75, 3.05) is 77.4 Å². The molecule has 4 fully saturated rings. The van der Waals surface area contributed by atoms with E-state index in [4.69, 9.17) is 42.8 Å². The molecular formula is C61H77BrCl2F2N11O10S2-. The Balaban J connectivity index is 0.000000233. The number of carboxylic acid groups (broad SMARTS) is 2. The Morgan fingerprint density at radius 3 is 1.60 bits per heavy atom. The Kier molecular flexibility index (Phi) is 25.3. The minimum absolute atomic E-state index is 0. The topological polar surface area (TPSA) is 252 Å². The number of amides is 4. The quantitative estimate of drug-likeness (QED) is 0.0387.